The average Bonchev–Trinajstić information content (AvgIpc) is 2.69. The van der Waals surface area contributed by atoms with Gasteiger partial charge in [0, 0.05) is 12.1 Å². The van der Waals surface area contributed by atoms with Crippen molar-refractivity contribution in [3.63, 3.8) is 0 Å². The van der Waals surface area contributed by atoms with E-state index in [0.29, 0.717) is 11.3 Å². The lowest BCUT2D eigenvalue weighted by Gasteiger charge is -2.18. The van der Waals surface area contributed by atoms with Gasteiger partial charge in [-0.2, -0.15) is 5.10 Å². The van der Waals surface area contributed by atoms with Crippen molar-refractivity contribution in [2.24, 2.45) is 5.73 Å². The van der Waals surface area contributed by atoms with Crippen molar-refractivity contribution in [2.45, 2.75) is 25.9 Å². The lowest BCUT2D eigenvalue weighted by atomic mass is 10.0. The number of halogens is 3. The molecule has 19 heavy (non-hydrogen) atoms. The summed E-state index contributed by atoms with van der Waals surface area (Å²) in [5.41, 5.74) is 7.18. The molecule has 0 spiro atoms. The summed E-state index contributed by atoms with van der Waals surface area (Å²) >= 11 is 3.37. The van der Waals surface area contributed by atoms with Crippen LogP contribution in [0, 0.1) is 11.6 Å². The van der Waals surface area contributed by atoms with Crippen LogP contribution in [0.5, 0.6) is 0 Å². The fraction of sp³-hybridized carbons (Fsp3) is 0.308. The van der Waals surface area contributed by atoms with E-state index in [0.717, 1.165) is 10.5 Å². The standard InChI is InChI=1S/C13H14BrF2N3/c1-7(2)19-13(11(14)6-18-19)12(17)8-3-9(15)5-10(16)4-8/h3-7,12H,17H2,1-2H3. The molecule has 0 aliphatic carbocycles. The van der Waals surface area contributed by atoms with Gasteiger partial charge in [-0.1, -0.05) is 0 Å². The van der Waals surface area contributed by atoms with Crippen LogP contribution < -0.4 is 5.73 Å². The van der Waals surface area contributed by atoms with Crippen molar-refractivity contribution < 1.29 is 8.78 Å². The second-order valence-corrected chi connectivity index (χ2v) is 5.45. The van der Waals surface area contributed by atoms with Crippen molar-refractivity contribution in [1.29, 1.82) is 0 Å². The lowest BCUT2D eigenvalue weighted by Crippen LogP contribution is -2.19. The summed E-state index contributed by atoms with van der Waals surface area (Å²) in [6, 6.07) is 2.75. The van der Waals surface area contributed by atoms with Crippen molar-refractivity contribution in [3.05, 3.63) is 51.8 Å². The van der Waals surface area contributed by atoms with Crippen LogP contribution in [0.1, 0.15) is 37.2 Å². The topological polar surface area (TPSA) is 43.8 Å². The van der Waals surface area contributed by atoms with Crippen LogP contribution in [0.2, 0.25) is 0 Å². The fourth-order valence-electron chi connectivity index (χ4n) is 1.97. The van der Waals surface area contributed by atoms with E-state index in [-0.39, 0.29) is 6.04 Å². The van der Waals surface area contributed by atoms with E-state index >= 15 is 0 Å². The first-order chi connectivity index (χ1) is 8.90. The molecule has 6 heteroatoms. The van der Waals surface area contributed by atoms with Gasteiger partial charge in [-0.25, -0.2) is 8.78 Å². The first-order valence-electron chi connectivity index (χ1n) is 5.84. The molecule has 2 aromatic rings. The van der Waals surface area contributed by atoms with Gasteiger partial charge in [0.25, 0.3) is 0 Å². The largest absolute Gasteiger partial charge is 0.319 e. The zero-order chi connectivity index (χ0) is 14.2. The molecule has 1 aromatic carbocycles. The minimum atomic E-state index is -0.649. The minimum absolute atomic E-state index is 0.103. The van der Waals surface area contributed by atoms with E-state index in [9.17, 15) is 8.78 Å². The third-order valence-electron chi connectivity index (χ3n) is 2.81. The number of hydrogen-bond donors (Lipinski definition) is 1. The molecule has 1 heterocycles. The zero-order valence-corrected chi connectivity index (χ0v) is 12.2. The summed E-state index contributed by atoms with van der Waals surface area (Å²) < 4.78 is 29.0. The molecule has 0 fully saturated rings. The Labute approximate surface area is 118 Å². The maximum atomic E-state index is 13.3. The number of nitrogens with two attached hydrogens (primary N) is 1. The van der Waals surface area contributed by atoms with E-state index < -0.39 is 17.7 Å². The van der Waals surface area contributed by atoms with Crippen LogP contribution in [-0.2, 0) is 0 Å². The molecule has 0 bridgehead atoms. The van der Waals surface area contributed by atoms with Gasteiger partial charge in [-0.05, 0) is 47.5 Å². The van der Waals surface area contributed by atoms with E-state index in [4.69, 9.17) is 5.73 Å². The lowest BCUT2D eigenvalue weighted by molar-refractivity contribution is 0.497. The Bertz CT molecular complexity index is 575. The highest BCUT2D eigenvalue weighted by molar-refractivity contribution is 9.10. The molecule has 1 unspecified atom stereocenters. The first kappa shape index (κ1) is 14.1. The predicted molar refractivity (Wildman–Crippen MR) is 72.7 cm³/mol. The third-order valence-corrected chi connectivity index (χ3v) is 3.43. The summed E-state index contributed by atoms with van der Waals surface area (Å²) in [5.74, 6) is -1.28. The number of nitrogens with zero attached hydrogens (tertiary/aromatic N) is 2. The molecule has 0 radical (unpaired) electrons. The average molecular weight is 330 g/mol. The monoisotopic (exact) mass is 329 g/mol. The van der Waals surface area contributed by atoms with Gasteiger partial charge in [0.2, 0.25) is 0 Å². The number of aromatic nitrogens is 2. The molecule has 2 rings (SSSR count). The molecular weight excluding hydrogens is 316 g/mol. The van der Waals surface area contributed by atoms with Gasteiger partial charge in [0.1, 0.15) is 11.6 Å². The normalized spacial score (nSPS) is 13.0. The van der Waals surface area contributed by atoms with Crippen LogP contribution in [0.4, 0.5) is 8.78 Å². The quantitative estimate of drug-likeness (QED) is 0.935. The summed E-state index contributed by atoms with van der Waals surface area (Å²) in [6.07, 6.45) is 1.63. The Kier molecular flexibility index (Phi) is 4.01. The highest BCUT2D eigenvalue weighted by Gasteiger charge is 2.20. The molecule has 1 aromatic heterocycles. The molecule has 2 N–H and O–H groups in total. The van der Waals surface area contributed by atoms with Crippen molar-refractivity contribution in [1.82, 2.24) is 9.78 Å². The minimum Gasteiger partial charge on any atom is -0.319 e. The molecule has 102 valence electrons. The number of hydrogen-bond acceptors (Lipinski definition) is 2. The molecule has 0 aliphatic heterocycles. The van der Waals surface area contributed by atoms with E-state index in [1.165, 1.54) is 12.1 Å². The van der Waals surface area contributed by atoms with E-state index in [1.54, 1.807) is 10.9 Å². The second-order valence-electron chi connectivity index (χ2n) is 4.60. The van der Waals surface area contributed by atoms with Crippen molar-refractivity contribution in [2.75, 3.05) is 0 Å². The van der Waals surface area contributed by atoms with Crippen LogP contribution >= 0.6 is 15.9 Å². The van der Waals surface area contributed by atoms with E-state index in [2.05, 4.69) is 21.0 Å². The Morgan fingerprint density at radius 1 is 1.21 bits per heavy atom. The Balaban J connectivity index is 2.49. The third kappa shape index (κ3) is 2.84. The predicted octanol–water partition coefficient (Wildman–Crippen LogP) is 3.55. The summed E-state index contributed by atoms with van der Waals surface area (Å²) in [4.78, 5) is 0. The number of rotatable bonds is 3. The van der Waals surface area contributed by atoms with Crippen LogP contribution in [0.15, 0.2) is 28.9 Å². The maximum absolute atomic E-state index is 13.3. The highest BCUT2D eigenvalue weighted by Crippen LogP contribution is 2.29. The van der Waals surface area contributed by atoms with Gasteiger partial charge < -0.3 is 5.73 Å². The van der Waals surface area contributed by atoms with Gasteiger partial charge in [0.15, 0.2) is 0 Å². The molecule has 3 nitrogen and oxygen atoms in total. The fourth-order valence-corrected chi connectivity index (χ4v) is 2.49. The number of benzene rings is 1. The van der Waals surface area contributed by atoms with Gasteiger partial charge in [-0.3, -0.25) is 4.68 Å². The highest BCUT2D eigenvalue weighted by atomic mass is 79.9. The summed E-state index contributed by atoms with van der Waals surface area (Å²) in [7, 11) is 0. The van der Waals surface area contributed by atoms with Gasteiger partial charge in [0.05, 0.1) is 22.4 Å². The molecule has 1 atom stereocenters. The first-order valence-corrected chi connectivity index (χ1v) is 6.64. The smallest absolute Gasteiger partial charge is 0.126 e. The Morgan fingerprint density at radius 2 is 1.79 bits per heavy atom. The van der Waals surface area contributed by atoms with Gasteiger partial charge >= 0.3 is 0 Å². The van der Waals surface area contributed by atoms with Crippen molar-refractivity contribution in [3.8, 4) is 0 Å². The van der Waals surface area contributed by atoms with E-state index in [1.807, 2.05) is 13.8 Å². The maximum Gasteiger partial charge on any atom is 0.126 e. The molecular formula is C13H14BrF2N3. The molecule has 0 saturated carbocycles. The van der Waals surface area contributed by atoms with Crippen LogP contribution in [0.3, 0.4) is 0 Å². The summed E-state index contributed by atoms with van der Waals surface area (Å²) in [6.45, 7) is 3.92. The van der Waals surface area contributed by atoms with Crippen molar-refractivity contribution >= 4 is 15.9 Å². The Hall–Kier alpha value is -1.27. The van der Waals surface area contributed by atoms with Crippen LogP contribution in [0.25, 0.3) is 0 Å². The second kappa shape index (κ2) is 5.38. The Morgan fingerprint density at radius 3 is 2.32 bits per heavy atom. The molecule has 0 saturated heterocycles. The SMILES string of the molecule is CC(C)n1ncc(Br)c1C(N)c1cc(F)cc(F)c1. The van der Waals surface area contributed by atoms with Crippen LogP contribution in [-0.4, -0.2) is 9.78 Å². The van der Waals surface area contributed by atoms with Gasteiger partial charge in [-0.15, -0.1) is 0 Å². The zero-order valence-electron chi connectivity index (χ0n) is 10.6. The summed E-state index contributed by atoms with van der Waals surface area (Å²) in [5, 5.41) is 4.21. The molecule has 0 amide bonds. The molecule has 0 aliphatic rings.